The van der Waals surface area contributed by atoms with Crippen LogP contribution >= 0.6 is 22.7 Å². The molecule has 132 heavy (non-hydrogen) atoms. The number of carboxylic acids is 3. The Morgan fingerprint density at radius 1 is 0.371 bits per heavy atom. The summed E-state index contributed by atoms with van der Waals surface area (Å²) in [5.41, 5.74) is 26.1. The van der Waals surface area contributed by atoms with Gasteiger partial charge >= 0.3 is 23.9 Å². The molecule has 660 valence electrons. The average molecular weight is 1800 g/mol. The zero-order chi connectivity index (χ0) is 92.6. The number of aryl methyl sites for hydroxylation is 8. The summed E-state index contributed by atoms with van der Waals surface area (Å²) in [6, 6.07) is 44.2. The first-order chi connectivity index (χ1) is 63.7. The SMILES string of the molecule is COC(=O)c1ccc(-c2cn([C@@H](C)c3ccccn3)c3cc(-c4c(C)noc4C)cnc23)s1.Cc1noc(C)c1-c1cnc2c(-c3ccc(C(=O)O)c(F)c3)cn([C@@H](C)c3ccccn3)c2c1.Cc1noc(C)c1-c1cnc2c(-c3ccc(C(=O)O)nc3)cn([C@@H](C)c3ccccn3)c2c1.Cc1noc(C)c1-c1cnc2c(-c3csc(C(=O)O)c3)cn([C@@H](C)c3ccccn3)c2c1. The van der Waals surface area contributed by atoms with Gasteiger partial charge < -0.3 is 56.4 Å². The van der Waals surface area contributed by atoms with Crippen LogP contribution in [0.15, 0.2) is 250 Å². The number of carbonyl (C=O) groups is 4. The highest BCUT2D eigenvalue weighted by Gasteiger charge is 2.29. The molecule has 0 fully saturated rings. The van der Waals surface area contributed by atoms with E-state index in [1.165, 1.54) is 48.0 Å². The van der Waals surface area contributed by atoms with Gasteiger partial charge in [0.1, 0.15) is 44.3 Å². The Balaban J connectivity index is 0.000000123. The Morgan fingerprint density at radius 3 is 1.04 bits per heavy atom. The van der Waals surface area contributed by atoms with Gasteiger partial charge in [0.15, 0.2) is 0 Å². The number of hydrogen-bond acceptors (Lipinski definition) is 24. The van der Waals surface area contributed by atoms with Crippen molar-refractivity contribution in [2.45, 2.75) is 107 Å². The number of benzene rings is 1. The standard InChI is InChI=1S/C26H21FN4O3.C25H21N5O3.C25H22N4O3S.C24H20N4O3S/c1-14-24(16(3)34-30-14)18-11-23-25(29-12-18)20(17-7-8-19(26(32)33)21(27)10-17)13-31(23)15(2)22-6-4-5-9-28-22;1-14-23(16(3)33-29-14)18-10-22-24(28-12-18)19(17-7-8-21(25(31)32)27-11-17)13-30(22)15(2)20-6-4-5-9-26-20;1-14-23(16(3)32-28-14)17-11-20-24(27-12-17)18(21-8-9-22(33-21)25(30)31-4)13-29(20)15(2)19-7-5-6-10-26-19;1-13-22(15(3)31-27-13)16-8-20-23(26-10-16)18(17-9-21(24(29)30)32-12-17)11-28(20)14(2)19-6-4-5-7-25-19/h4-13,15H,1-3H3,(H,32,33);4-13,15H,1-3H3,(H,31,32);5-13,15H,1-4H3;4-12,14H,1-3H3,(H,29,30)/t3*15-;14-/m0000/s1. The van der Waals surface area contributed by atoms with Crippen molar-refractivity contribution in [3.63, 3.8) is 0 Å². The van der Waals surface area contributed by atoms with Crippen molar-refractivity contribution < 1.29 is 61.7 Å². The molecule has 19 heterocycles. The van der Waals surface area contributed by atoms with E-state index in [0.29, 0.717) is 32.2 Å². The van der Waals surface area contributed by atoms with Gasteiger partial charge in [-0.25, -0.2) is 28.6 Å². The monoisotopic (exact) mass is 1800 g/mol. The first-order valence-corrected chi connectivity index (χ1v) is 43.5. The van der Waals surface area contributed by atoms with Gasteiger partial charge in [-0.1, -0.05) is 57.0 Å². The number of carbonyl (C=O) groups excluding carboxylic acids is 1. The summed E-state index contributed by atoms with van der Waals surface area (Å²) in [5, 5.41) is 45.9. The molecule has 0 aliphatic carbocycles. The molecule has 32 heteroatoms. The number of carboxylic acid groups (broad SMARTS) is 3. The summed E-state index contributed by atoms with van der Waals surface area (Å²) in [6.07, 6.45) is 23.9. The van der Waals surface area contributed by atoms with Crippen LogP contribution in [0.1, 0.15) is 161 Å². The Bertz CT molecular complexity index is 7660. The number of ether oxygens (including phenoxy) is 1. The maximum Gasteiger partial charge on any atom is 0.354 e. The van der Waals surface area contributed by atoms with Crippen LogP contribution in [-0.2, 0) is 4.74 Å². The molecule has 1 aromatic carbocycles. The molecule has 0 saturated carbocycles. The lowest BCUT2D eigenvalue weighted by atomic mass is 10.0. The van der Waals surface area contributed by atoms with Gasteiger partial charge in [0, 0.05) is 158 Å². The Kier molecular flexibility index (Phi) is 24.5. The maximum absolute atomic E-state index is 14.5. The molecule has 0 amide bonds. The fourth-order valence-corrected chi connectivity index (χ4v) is 18.3. The number of esters is 1. The van der Waals surface area contributed by atoms with E-state index in [0.717, 1.165) is 179 Å². The second-order valence-electron chi connectivity index (χ2n) is 31.6. The highest BCUT2D eigenvalue weighted by atomic mass is 32.1. The molecule has 3 N–H and O–H groups in total. The van der Waals surface area contributed by atoms with Gasteiger partial charge in [0.2, 0.25) is 0 Å². The van der Waals surface area contributed by atoms with Crippen LogP contribution in [0.2, 0.25) is 0 Å². The van der Waals surface area contributed by atoms with Crippen LogP contribution in [-0.4, -0.2) is 130 Å². The van der Waals surface area contributed by atoms with Gasteiger partial charge in [-0.3, -0.25) is 39.9 Å². The first kappa shape index (κ1) is 87.8. The van der Waals surface area contributed by atoms with Crippen molar-refractivity contribution >= 4 is 90.7 Å². The number of nitrogens with zero attached hydrogens (tertiary/aromatic N) is 17. The third-order valence-corrected chi connectivity index (χ3v) is 25.3. The van der Waals surface area contributed by atoms with Gasteiger partial charge in [-0.05, 0) is 209 Å². The number of hydrogen-bond donors (Lipinski definition) is 3. The lowest BCUT2D eigenvalue weighted by Crippen LogP contribution is -2.07. The number of aromatic nitrogens is 17. The van der Waals surface area contributed by atoms with Crippen LogP contribution in [0.4, 0.5) is 4.39 Å². The zero-order valence-corrected chi connectivity index (χ0v) is 75.2. The minimum Gasteiger partial charge on any atom is -0.478 e. The number of aromatic carboxylic acids is 3. The van der Waals surface area contributed by atoms with Crippen molar-refractivity contribution in [1.82, 2.24) is 83.8 Å². The maximum atomic E-state index is 14.5. The molecule has 19 aromatic heterocycles. The predicted octanol–water partition coefficient (Wildman–Crippen LogP) is 22.5. The molecule has 29 nitrogen and oxygen atoms in total. The molecule has 0 bridgehead atoms. The number of halogens is 1. The zero-order valence-electron chi connectivity index (χ0n) is 73.6. The molecule has 0 unspecified atom stereocenters. The summed E-state index contributed by atoms with van der Waals surface area (Å²) >= 11 is 2.60. The highest BCUT2D eigenvalue weighted by Crippen LogP contribution is 2.44. The Labute approximate surface area is 761 Å². The minimum atomic E-state index is -1.31. The largest absolute Gasteiger partial charge is 0.478 e. The number of thiophene rings is 2. The summed E-state index contributed by atoms with van der Waals surface area (Å²) in [7, 11) is 1.39. The molecule has 0 aliphatic rings. The summed E-state index contributed by atoms with van der Waals surface area (Å²) in [5.74, 6) is -1.51. The fraction of sp³-hybridized carbons (Fsp3) is 0.170. The van der Waals surface area contributed by atoms with Crippen molar-refractivity contribution in [2.75, 3.05) is 7.11 Å². The summed E-state index contributed by atoms with van der Waals surface area (Å²) in [6.45, 7) is 23.5. The summed E-state index contributed by atoms with van der Waals surface area (Å²) < 4.78 is 49.3. The number of pyridine rings is 9. The minimum absolute atomic E-state index is 0.00186. The second kappa shape index (κ2) is 36.9. The lowest BCUT2D eigenvalue weighted by Gasteiger charge is -2.15. The third kappa shape index (κ3) is 17.1. The lowest BCUT2D eigenvalue weighted by molar-refractivity contribution is 0.0603. The van der Waals surface area contributed by atoms with Crippen molar-refractivity contribution in [2.24, 2.45) is 0 Å². The highest BCUT2D eigenvalue weighted by molar-refractivity contribution is 7.17. The van der Waals surface area contributed by atoms with Crippen LogP contribution in [0.3, 0.4) is 0 Å². The van der Waals surface area contributed by atoms with Gasteiger partial charge in [-0.2, -0.15) is 0 Å². The van der Waals surface area contributed by atoms with Crippen molar-refractivity contribution in [3.8, 4) is 88.3 Å². The smallest absolute Gasteiger partial charge is 0.354 e. The van der Waals surface area contributed by atoms with Gasteiger partial charge in [0.05, 0.1) is 127 Å². The first-order valence-electron chi connectivity index (χ1n) is 41.8. The van der Waals surface area contributed by atoms with Crippen LogP contribution in [0.25, 0.3) is 132 Å². The molecule has 0 radical (unpaired) electrons. The second-order valence-corrected chi connectivity index (χ2v) is 33.6. The number of fused-ring (bicyclic) bond motifs is 4. The molecule has 20 aromatic rings. The van der Waals surface area contributed by atoms with Crippen molar-refractivity contribution in [3.05, 3.63) is 327 Å². The molecule has 0 spiro atoms. The van der Waals surface area contributed by atoms with Crippen LogP contribution < -0.4 is 0 Å². The normalized spacial score (nSPS) is 12.3. The van der Waals surface area contributed by atoms with E-state index in [-0.39, 0.29) is 41.4 Å². The number of rotatable bonds is 20. The van der Waals surface area contributed by atoms with E-state index in [1.807, 2.05) is 194 Å². The van der Waals surface area contributed by atoms with E-state index < -0.39 is 23.7 Å². The van der Waals surface area contributed by atoms with Crippen LogP contribution in [0, 0.1) is 61.2 Å². The molecule has 4 atom stereocenters. The van der Waals surface area contributed by atoms with Gasteiger partial charge in [-0.15, -0.1) is 22.7 Å². The van der Waals surface area contributed by atoms with Gasteiger partial charge in [0.25, 0.3) is 0 Å². The van der Waals surface area contributed by atoms with Crippen molar-refractivity contribution in [1.29, 1.82) is 0 Å². The molecular weight excluding hydrogens is 1710 g/mol. The van der Waals surface area contributed by atoms with E-state index in [1.54, 1.807) is 61.4 Å². The Morgan fingerprint density at radius 2 is 0.727 bits per heavy atom. The molecule has 20 rings (SSSR count). The fourth-order valence-electron chi connectivity index (χ4n) is 16.6. The third-order valence-electron chi connectivity index (χ3n) is 23.3. The Hall–Kier alpha value is -16.2. The van der Waals surface area contributed by atoms with E-state index in [2.05, 4.69) is 104 Å². The molecule has 0 aliphatic heterocycles. The quantitative estimate of drug-likeness (QED) is 0.0597. The van der Waals surface area contributed by atoms with Crippen LogP contribution in [0.5, 0.6) is 0 Å². The summed E-state index contributed by atoms with van der Waals surface area (Å²) in [4.78, 5) is 89.1. The topological polar surface area (TPSA) is 378 Å². The van der Waals surface area contributed by atoms with E-state index in [4.69, 9.17) is 42.8 Å². The number of methoxy groups -OCH3 is 1. The molecular formula is C100H84FN17O12S2. The average Bonchev–Trinajstić information content (AvgIpc) is 1.62. The predicted molar refractivity (Wildman–Crippen MR) is 498 cm³/mol. The molecule has 0 saturated heterocycles. The van der Waals surface area contributed by atoms with E-state index in [9.17, 15) is 38.9 Å². The van der Waals surface area contributed by atoms with E-state index >= 15 is 0 Å².